The van der Waals surface area contributed by atoms with Crippen LogP contribution in [0.15, 0.2) is 18.2 Å². The fourth-order valence-electron chi connectivity index (χ4n) is 0.678. The van der Waals surface area contributed by atoms with Crippen LogP contribution >= 0.6 is 0 Å². The number of unbranched alkanes of at least 4 members (excludes halogenated alkanes) is 1. The molecule has 1 aliphatic carbocycles. The van der Waals surface area contributed by atoms with Crippen molar-refractivity contribution >= 4 is 15.4 Å². The summed E-state index contributed by atoms with van der Waals surface area (Å²) in [4.78, 5) is 9.87. The van der Waals surface area contributed by atoms with Crippen LogP contribution in [-0.4, -0.2) is 15.4 Å². The second-order valence-electron chi connectivity index (χ2n) is 3.11. The molecule has 0 aromatic heterocycles. The third-order valence-corrected chi connectivity index (χ3v) is 1.34. The Morgan fingerprint density at radius 1 is 1.39 bits per heavy atom. The van der Waals surface area contributed by atoms with Gasteiger partial charge < -0.3 is 35.3 Å². The molecule has 0 bridgehead atoms. The molecule has 1 radical (unpaired) electrons. The Bertz CT molecular complexity index is 193. The maximum absolute atomic E-state index is 9.87. The van der Waals surface area contributed by atoms with Crippen LogP contribution < -0.4 is 24.8 Å². The smallest absolute Gasteiger partial charge is 1.00 e. The third-order valence-electron chi connectivity index (χ3n) is 1.34. The number of amides is 1. The van der Waals surface area contributed by atoms with E-state index in [4.69, 9.17) is 5.73 Å². The van der Waals surface area contributed by atoms with Crippen LogP contribution in [0.5, 0.6) is 0 Å². The molecule has 103 valence electrons. The second-order valence-corrected chi connectivity index (χ2v) is 4.26. The molecule has 0 aromatic carbocycles. The van der Waals surface area contributed by atoms with Crippen molar-refractivity contribution in [1.29, 1.82) is 0 Å². The van der Waals surface area contributed by atoms with Crippen LogP contribution in [0.25, 0.3) is 5.73 Å². The first kappa shape index (κ1) is 31.1. The summed E-state index contributed by atoms with van der Waals surface area (Å²) in [5.74, 6) is -0.443. The van der Waals surface area contributed by atoms with Gasteiger partial charge in [-0.2, -0.15) is 6.08 Å². The number of carbonyl (C=O) groups is 1. The van der Waals surface area contributed by atoms with Crippen LogP contribution in [0.1, 0.15) is 32.6 Å². The van der Waals surface area contributed by atoms with Crippen molar-refractivity contribution in [2.75, 3.05) is 0 Å². The van der Waals surface area contributed by atoms with Crippen molar-refractivity contribution in [3.05, 3.63) is 30.0 Å². The molecule has 1 aliphatic rings. The van der Waals surface area contributed by atoms with Gasteiger partial charge in [-0.15, -0.1) is 6.42 Å². The zero-order valence-electron chi connectivity index (χ0n) is 11.3. The third kappa shape index (κ3) is 44.0. The molecule has 0 heterocycles. The predicted molar refractivity (Wildman–Crippen MR) is 69.3 cm³/mol. The van der Waals surface area contributed by atoms with Gasteiger partial charge in [-0.3, -0.25) is 6.08 Å². The summed E-state index contributed by atoms with van der Waals surface area (Å²) < 4.78 is 0. The SMILES string of the molecule is CCCCC([NH-])=O.C[SiH]C.[C-]1=CC=CC1.[Cl-].[Cl-].[Ti+4]. The molecule has 0 atom stereocenters. The molecule has 1 amide bonds. The molecular formula is C12H22Cl2NOSiTi. The molecule has 6 heteroatoms. The number of rotatable bonds is 3. The van der Waals surface area contributed by atoms with E-state index in [0.29, 0.717) is 6.42 Å². The second kappa shape index (κ2) is 30.5. The summed E-state index contributed by atoms with van der Waals surface area (Å²) in [7, 11) is 0.750. The van der Waals surface area contributed by atoms with E-state index in [0.717, 1.165) is 28.8 Å². The van der Waals surface area contributed by atoms with Gasteiger partial charge in [0.25, 0.3) is 0 Å². The Hall–Kier alpha value is 0.461. The van der Waals surface area contributed by atoms with Gasteiger partial charge in [-0.1, -0.05) is 26.4 Å². The van der Waals surface area contributed by atoms with Gasteiger partial charge in [0.2, 0.25) is 0 Å². The molecule has 2 nitrogen and oxygen atoms in total. The summed E-state index contributed by atoms with van der Waals surface area (Å²) >= 11 is 0. The zero-order valence-corrected chi connectivity index (χ0v) is 15.5. The Morgan fingerprint density at radius 3 is 2.00 bits per heavy atom. The molecule has 0 aromatic rings. The first-order valence-corrected chi connectivity index (χ1v) is 7.70. The van der Waals surface area contributed by atoms with Crippen LogP contribution in [0.2, 0.25) is 13.1 Å². The van der Waals surface area contributed by atoms with Crippen molar-refractivity contribution < 1.29 is 51.3 Å². The normalized spacial score (nSPS) is 9.28. The van der Waals surface area contributed by atoms with Crippen molar-refractivity contribution in [1.82, 2.24) is 0 Å². The minimum absolute atomic E-state index is 0. The molecular weight excluding hydrogens is 321 g/mol. The quantitative estimate of drug-likeness (QED) is 0.416. The number of hydrogen-bond acceptors (Lipinski definition) is 1. The molecule has 18 heavy (non-hydrogen) atoms. The fourth-order valence-corrected chi connectivity index (χ4v) is 0.678. The van der Waals surface area contributed by atoms with E-state index >= 15 is 0 Å². The van der Waals surface area contributed by atoms with E-state index in [1.807, 2.05) is 19.1 Å². The predicted octanol–water partition coefficient (Wildman–Crippen LogP) is -2.41. The maximum atomic E-state index is 9.87. The van der Waals surface area contributed by atoms with Gasteiger partial charge in [-0.05, 0) is 12.8 Å². The molecule has 1 rings (SSSR count). The summed E-state index contributed by atoms with van der Waals surface area (Å²) in [5, 5.41) is 0. The largest absolute Gasteiger partial charge is 4.00 e. The van der Waals surface area contributed by atoms with E-state index in [1.54, 1.807) is 0 Å². The average Bonchev–Trinajstić information content (AvgIpc) is 2.73. The standard InChI is InChI=1S/C5H11NO.C5H5.C2H7Si.2ClH.Ti/c1-2-3-4-5(6)7;1-2-4-5-3-1;1-3-2;;;/h2-4H2,1H3,(H2,6,7);1-3H,4H2;3H,1-2H3;2*1H;/q;-1;;;;+4/p-3. The molecule has 0 spiro atoms. The molecule has 1 N–H and O–H groups in total. The van der Waals surface area contributed by atoms with Crippen LogP contribution in [-0.2, 0) is 26.5 Å². The number of carbonyl (C=O) groups excluding carboxylic acids is 1. The van der Waals surface area contributed by atoms with E-state index in [1.165, 1.54) is 0 Å². The topological polar surface area (TPSA) is 40.9 Å². The summed E-state index contributed by atoms with van der Waals surface area (Å²) in [6.45, 7) is 6.42. The van der Waals surface area contributed by atoms with Gasteiger partial charge in [0.15, 0.2) is 0 Å². The van der Waals surface area contributed by atoms with Gasteiger partial charge in [0.1, 0.15) is 0 Å². The van der Waals surface area contributed by atoms with Gasteiger partial charge in [0, 0.05) is 15.4 Å². The maximum Gasteiger partial charge on any atom is 4.00 e. The molecule has 0 unspecified atom stereocenters. The first-order chi connectivity index (χ1) is 7.18. The summed E-state index contributed by atoms with van der Waals surface area (Å²) in [5.41, 5.74) is 6.44. The van der Waals surface area contributed by atoms with Crippen molar-refractivity contribution in [2.24, 2.45) is 0 Å². The fraction of sp³-hybridized carbons (Fsp3) is 0.583. The number of halogens is 2. The van der Waals surface area contributed by atoms with E-state index in [9.17, 15) is 4.79 Å². The van der Waals surface area contributed by atoms with E-state index < -0.39 is 5.91 Å². The van der Waals surface area contributed by atoms with Crippen LogP contribution in [0, 0.1) is 6.08 Å². The monoisotopic (exact) mass is 342 g/mol. The Labute approximate surface area is 142 Å². The van der Waals surface area contributed by atoms with Crippen molar-refractivity contribution in [2.45, 2.75) is 45.7 Å². The number of hydrogen-bond donors (Lipinski definition) is 0. The minimum atomic E-state index is -0.443. The number of allylic oxidation sites excluding steroid dienone is 4. The first-order valence-electron chi connectivity index (χ1n) is 5.39. The summed E-state index contributed by atoms with van der Waals surface area (Å²) in [6, 6.07) is 0. The van der Waals surface area contributed by atoms with Crippen LogP contribution in [0.3, 0.4) is 0 Å². The molecule has 0 aliphatic heterocycles. The van der Waals surface area contributed by atoms with Gasteiger partial charge >= 0.3 is 21.7 Å². The molecule has 0 saturated carbocycles. The minimum Gasteiger partial charge on any atom is -1.00 e. The Morgan fingerprint density at radius 2 is 1.89 bits per heavy atom. The molecule has 0 saturated heterocycles. The molecule has 0 fully saturated rings. The van der Waals surface area contributed by atoms with Gasteiger partial charge in [0.05, 0.1) is 0 Å². The zero-order chi connectivity index (χ0) is 11.9. The van der Waals surface area contributed by atoms with Crippen molar-refractivity contribution in [3.8, 4) is 0 Å². The van der Waals surface area contributed by atoms with E-state index in [-0.39, 0.29) is 46.5 Å². The Kier molecular flexibility index (Phi) is 52.6. The Balaban J connectivity index is -0.0000000461. The average molecular weight is 343 g/mol. The van der Waals surface area contributed by atoms with Crippen molar-refractivity contribution in [3.63, 3.8) is 0 Å². The van der Waals surface area contributed by atoms with Crippen LogP contribution in [0.4, 0.5) is 0 Å². The number of nitrogens with one attached hydrogen (secondary N) is 1. The van der Waals surface area contributed by atoms with Gasteiger partial charge in [-0.25, -0.2) is 12.2 Å². The van der Waals surface area contributed by atoms with E-state index in [2.05, 4.69) is 25.2 Å². The summed E-state index contributed by atoms with van der Waals surface area (Å²) in [6.07, 6.45) is 12.3.